The quantitative estimate of drug-likeness (QED) is 0.800. The van der Waals surface area contributed by atoms with Crippen molar-refractivity contribution >= 4 is 34.1 Å². The maximum absolute atomic E-state index is 11.3. The molecule has 0 fully saturated rings. The van der Waals surface area contributed by atoms with Gasteiger partial charge >= 0.3 is 0 Å². The second kappa shape index (κ2) is 3.90. The minimum Gasteiger partial charge on any atom is -0.223 e. The van der Waals surface area contributed by atoms with E-state index in [0.717, 1.165) is 5.56 Å². The Labute approximate surface area is 88.2 Å². The third-order valence-electron chi connectivity index (χ3n) is 1.66. The van der Waals surface area contributed by atoms with Crippen molar-refractivity contribution in [3.8, 4) is 0 Å². The van der Waals surface area contributed by atoms with Gasteiger partial charge in [-0.2, -0.15) is 12.6 Å². The zero-order chi connectivity index (χ0) is 10.1. The number of rotatable bonds is 2. The summed E-state index contributed by atoms with van der Waals surface area (Å²) in [5, 5.41) is 0.381. The zero-order valence-corrected chi connectivity index (χ0v) is 9.46. The predicted octanol–water partition coefficient (Wildman–Crippen LogP) is 2.31. The second-order valence-electron chi connectivity index (χ2n) is 2.65. The Hall–Kier alpha value is -0.190. The Morgan fingerprint density at radius 1 is 1.46 bits per heavy atom. The molecule has 0 heterocycles. The molecule has 0 unspecified atom stereocenters. The van der Waals surface area contributed by atoms with Gasteiger partial charge in [0.2, 0.25) is 0 Å². The predicted molar refractivity (Wildman–Crippen MR) is 57.2 cm³/mol. The molecule has 0 saturated carbocycles. The van der Waals surface area contributed by atoms with Crippen LogP contribution in [-0.2, 0) is 9.84 Å². The number of thiol groups is 1. The lowest BCUT2D eigenvalue weighted by Crippen LogP contribution is -2.02. The smallest absolute Gasteiger partial charge is 0.187 e. The van der Waals surface area contributed by atoms with Crippen LogP contribution in [0, 0.1) is 6.92 Å². The maximum Gasteiger partial charge on any atom is 0.187 e. The monoisotopic (exact) mass is 236 g/mol. The molecule has 0 bridgehead atoms. The van der Waals surface area contributed by atoms with Gasteiger partial charge in [0.1, 0.15) is 0 Å². The first kappa shape index (κ1) is 10.9. The molecular formula is C8H9ClO2S2. The number of benzene rings is 1. The van der Waals surface area contributed by atoms with Gasteiger partial charge in [-0.05, 0) is 30.7 Å². The molecule has 0 saturated heterocycles. The second-order valence-corrected chi connectivity index (χ2v) is 5.80. The molecule has 13 heavy (non-hydrogen) atoms. The van der Waals surface area contributed by atoms with Crippen LogP contribution in [0.2, 0.25) is 5.02 Å². The topological polar surface area (TPSA) is 34.1 Å². The van der Waals surface area contributed by atoms with Gasteiger partial charge < -0.3 is 0 Å². The highest BCUT2D eigenvalue weighted by atomic mass is 35.5. The summed E-state index contributed by atoms with van der Waals surface area (Å²) in [5.74, 6) is 0. The molecule has 1 aromatic rings. The molecule has 0 aromatic heterocycles. The van der Waals surface area contributed by atoms with E-state index in [1.54, 1.807) is 19.1 Å². The van der Waals surface area contributed by atoms with E-state index in [0.29, 0.717) is 5.02 Å². The molecule has 1 aromatic carbocycles. The van der Waals surface area contributed by atoms with Crippen molar-refractivity contribution < 1.29 is 8.42 Å². The van der Waals surface area contributed by atoms with Crippen LogP contribution in [0.5, 0.6) is 0 Å². The lowest BCUT2D eigenvalue weighted by atomic mass is 10.2. The molecule has 2 nitrogen and oxygen atoms in total. The normalized spacial score (nSPS) is 11.6. The molecule has 0 atom stereocenters. The highest BCUT2D eigenvalue weighted by Gasteiger charge is 2.12. The van der Waals surface area contributed by atoms with Gasteiger partial charge in [-0.3, -0.25) is 0 Å². The van der Waals surface area contributed by atoms with Crippen molar-refractivity contribution in [1.29, 1.82) is 0 Å². The molecule has 0 aliphatic carbocycles. The van der Waals surface area contributed by atoms with Crippen LogP contribution < -0.4 is 0 Å². The molecule has 0 radical (unpaired) electrons. The first-order valence-electron chi connectivity index (χ1n) is 3.57. The van der Waals surface area contributed by atoms with E-state index < -0.39 is 9.84 Å². The van der Waals surface area contributed by atoms with Crippen LogP contribution >= 0.6 is 24.2 Å². The number of halogens is 1. The van der Waals surface area contributed by atoms with Crippen LogP contribution in [0.1, 0.15) is 5.56 Å². The lowest BCUT2D eigenvalue weighted by molar-refractivity contribution is 0.601. The largest absolute Gasteiger partial charge is 0.223 e. The van der Waals surface area contributed by atoms with Gasteiger partial charge in [-0.15, -0.1) is 0 Å². The van der Waals surface area contributed by atoms with Gasteiger partial charge in [-0.25, -0.2) is 8.42 Å². The summed E-state index contributed by atoms with van der Waals surface area (Å²) in [4.78, 5) is 0.268. The minimum atomic E-state index is -3.23. The third kappa shape index (κ3) is 2.39. The van der Waals surface area contributed by atoms with Crippen molar-refractivity contribution in [2.45, 2.75) is 11.8 Å². The molecule has 5 heteroatoms. The number of hydrogen-bond acceptors (Lipinski definition) is 3. The summed E-state index contributed by atoms with van der Waals surface area (Å²) in [6, 6.07) is 4.61. The molecule has 0 aliphatic heterocycles. The van der Waals surface area contributed by atoms with Gasteiger partial charge in [0.25, 0.3) is 0 Å². The lowest BCUT2D eigenvalue weighted by Gasteiger charge is -2.02. The molecule has 0 spiro atoms. The van der Waals surface area contributed by atoms with E-state index in [9.17, 15) is 8.42 Å². The SMILES string of the molecule is Cc1cc(S(=O)(=O)CS)ccc1Cl. The molecule has 1 rings (SSSR count). The van der Waals surface area contributed by atoms with E-state index in [1.807, 2.05) is 0 Å². The molecule has 0 amide bonds. The van der Waals surface area contributed by atoms with E-state index in [4.69, 9.17) is 11.6 Å². The van der Waals surface area contributed by atoms with E-state index in [1.165, 1.54) is 6.07 Å². The fraction of sp³-hybridized carbons (Fsp3) is 0.250. The Morgan fingerprint density at radius 3 is 2.54 bits per heavy atom. The average molecular weight is 237 g/mol. The minimum absolute atomic E-state index is 0.186. The van der Waals surface area contributed by atoms with Crippen LogP contribution in [0.3, 0.4) is 0 Å². The third-order valence-corrected chi connectivity index (χ3v) is 4.41. The Morgan fingerprint density at radius 2 is 2.08 bits per heavy atom. The summed E-state index contributed by atoms with van der Waals surface area (Å²) >= 11 is 9.51. The Kier molecular flexibility index (Phi) is 3.27. The van der Waals surface area contributed by atoms with Crippen molar-refractivity contribution in [3.63, 3.8) is 0 Å². The van der Waals surface area contributed by atoms with Crippen LogP contribution in [0.4, 0.5) is 0 Å². The average Bonchev–Trinajstić information content (AvgIpc) is 2.09. The fourth-order valence-electron chi connectivity index (χ4n) is 0.885. The maximum atomic E-state index is 11.3. The Bertz CT molecular complexity index is 412. The zero-order valence-electron chi connectivity index (χ0n) is 6.99. The van der Waals surface area contributed by atoms with Crippen LogP contribution in [-0.4, -0.2) is 13.5 Å². The van der Waals surface area contributed by atoms with Gasteiger partial charge in [0.15, 0.2) is 9.84 Å². The number of sulfone groups is 1. The molecular weight excluding hydrogens is 228 g/mol. The standard InChI is InChI=1S/C8H9ClO2S2/c1-6-4-7(2-3-8(6)9)13(10,11)5-12/h2-4,12H,5H2,1H3. The van der Waals surface area contributed by atoms with E-state index in [2.05, 4.69) is 12.6 Å². The highest BCUT2D eigenvalue weighted by molar-refractivity contribution is 8.03. The summed E-state index contributed by atoms with van der Waals surface area (Å²) in [6.45, 7) is 1.76. The van der Waals surface area contributed by atoms with E-state index in [-0.39, 0.29) is 9.98 Å². The van der Waals surface area contributed by atoms with Crippen molar-refractivity contribution in [3.05, 3.63) is 28.8 Å². The van der Waals surface area contributed by atoms with Crippen molar-refractivity contribution in [1.82, 2.24) is 0 Å². The summed E-state index contributed by atoms with van der Waals surface area (Å²) in [6.07, 6.45) is 0. The van der Waals surface area contributed by atoms with Crippen LogP contribution in [0.15, 0.2) is 23.1 Å². The summed E-state index contributed by atoms with van der Waals surface area (Å²) in [7, 11) is -3.23. The molecule has 0 aliphatic rings. The van der Waals surface area contributed by atoms with Gasteiger partial charge in [0, 0.05) is 5.02 Å². The van der Waals surface area contributed by atoms with Gasteiger partial charge in [-0.1, -0.05) is 11.6 Å². The van der Waals surface area contributed by atoms with E-state index >= 15 is 0 Å². The number of aryl methyl sites for hydroxylation is 1. The summed E-state index contributed by atoms with van der Waals surface area (Å²) in [5.41, 5.74) is 0.754. The summed E-state index contributed by atoms with van der Waals surface area (Å²) < 4.78 is 22.7. The molecule has 72 valence electrons. The first-order valence-corrected chi connectivity index (χ1v) is 6.23. The van der Waals surface area contributed by atoms with Crippen LogP contribution in [0.25, 0.3) is 0 Å². The van der Waals surface area contributed by atoms with Gasteiger partial charge in [0.05, 0.1) is 9.98 Å². The first-order chi connectivity index (χ1) is 5.97. The van der Waals surface area contributed by atoms with Crippen molar-refractivity contribution in [2.24, 2.45) is 0 Å². The number of hydrogen-bond donors (Lipinski definition) is 1. The fourth-order valence-corrected chi connectivity index (χ4v) is 2.23. The molecule has 0 N–H and O–H groups in total. The van der Waals surface area contributed by atoms with Crippen molar-refractivity contribution in [2.75, 3.05) is 5.08 Å². The highest BCUT2D eigenvalue weighted by Crippen LogP contribution is 2.20. The Balaban J connectivity index is 3.27.